The van der Waals surface area contributed by atoms with E-state index in [0.717, 1.165) is 11.5 Å². The van der Waals surface area contributed by atoms with Gasteiger partial charge in [-0.3, -0.25) is 0 Å². The molecular weight excluding hydrogens is 525 g/mol. The molecule has 2 nitrogen and oxygen atoms in total. The number of rotatable bonds is 4. The van der Waals surface area contributed by atoms with Gasteiger partial charge in [-0.2, -0.15) is 9.48 Å². The van der Waals surface area contributed by atoms with Gasteiger partial charge in [0.25, 0.3) is 5.84 Å². The maximum absolute atomic E-state index is 2.85. The van der Waals surface area contributed by atoms with Crippen molar-refractivity contribution in [3.05, 3.63) is 169 Å². The van der Waals surface area contributed by atoms with Crippen LogP contribution in [0.5, 0.6) is 0 Å². The van der Waals surface area contributed by atoms with Gasteiger partial charge in [0, 0.05) is 17.3 Å². The minimum atomic E-state index is -2.85. The maximum atomic E-state index is 2.49. The zero-order valence-corrected chi connectivity index (χ0v) is 25.0. The smallest absolute Gasteiger partial charge is 0.197 e. The first-order valence-electron chi connectivity index (χ1n) is 14.6. The van der Waals surface area contributed by atoms with Crippen molar-refractivity contribution in [2.24, 2.45) is 0 Å². The molecule has 1 aliphatic rings. The highest BCUT2D eigenvalue weighted by Crippen LogP contribution is 2.33. The second-order valence-electron chi connectivity index (χ2n) is 10.9. The molecule has 6 aromatic rings. The average Bonchev–Trinajstić information content (AvgIpc) is 3.05. The summed E-state index contributed by atoms with van der Waals surface area (Å²) in [6.07, 6.45) is 0. The number of nitrogens with zero attached hydrogens (tertiary/aromatic N) is 2. The summed E-state index contributed by atoms with van der Waals surface area (Å²) in [6.45, 7) is 4.47. The lowest BCUT2D eigenvalue weighted by Crippen LogP contribution is -2.76. The summed E-state index contributed by atoms with van der Waals surface area (Å²) in [4.78, 5) is 2.46. The molecule has 0 spiro atoms. The molecule has 0 saturated carbocycles. The first-order valence-corrected chi connectivity index (χ1v) is 16.6. The van der Waals surface area contributed by atoms with E-state index in [9.17, 15) is 0 Å². The van der Waals surface area contributed by atoms with E-state index in [-0.39, 0.29) is 0 Å². The number of aryl methyl sites for hydroxylation is 1. The first kappa shape index (κ1) is 25.9. The summed E-state index contributed by atoms with van der Waals surface area (Å²) >= 11 is 0. The topological polar surface area (TPSA) is 6.25 Å². The molecule has 0 aromatic heterocycles. The van der Waals surface area contributed by atoms with E-state index in [1.165, 1.54) is 43.4 Å². The Balaban J connectivity index is 1.75. The van der Waals surface area contributed by atoms with Crippen LogP contribution in [-0.4, -0.2) is 13.9 Å². The van der Waals surface area contributed by atoms with E-state index in [1.54, 1.807) is 0 Å². The quantitative estimate of drug-likeness (QED) is 0.171. The van der Waals surface area contributed by atoms with Gasteiger partial charge >= 0.3 is 0 Å². The lowest BCUT2D eigenvalue weighted by Gasteiger charge is -2.39. The summed E-state index contributed by atoms with van der Waals surface area (Å²) in [5.41, 5.74) is 6.00. The van der Waals surface area contributed by atoms with Crippen molar-refractivity contribution in [3.63, 3.8) is 0 Å². The van der Waals surface area contributed by atoms with E-state index < -0.39 is 8.07 Å². The SMILES string of the molecule is CC1=[N+](c2ccccc2C)c2ccccc2[Si](c2ccccc2)(c2ccccc2)c2ccccc2N1c1ccccc1. The third-order valence-electron chi connectivity index (χ3n) is 8.53. The minimum absolute atomic E-state index is 1.14. The Morgan fingerprint density at radius 1 is 0.452 bits per heavy atom. The van der Waals surface area contributed by atoms with Gasteiger partial charge in [0.1, 0.15) is 22.7 Å². The fourth-order valence-electron chi connectivity index (χ4n) is 6.75. The molecule has 7 rings (SSSR count). The van der Waals surface area contributed by atoms with Crippen molar-refractivity contribution >= 4 is 57.4 Å². The van der Waals surface area contributed by atoms with Crippen LogP contribution in [0.25, 0.3) is 0 Å². The molecule has 0 radical (unpaired) electrons. The second kappa shape index (κ2) is 10.8. The Morgan fingerprint density at radius 3 is 1.55 bits per heavy atom. The van der Waals surface area contributed by atoms with Crippen LogP contribution in [0, 0.1) is 6.92 Å². The van der Waals surface area contributed by atoms with E-state index >= 15 is 0 Å². The van der Waals surface area contributed by atoms with Crippen molar-refractivity contribution in [3.8, 4) is 0 Å². The summed E-state index contributed by atoms with van der Waals surface area (Å²) in [6, 6.07) is 60.2. The molecule has 6 aromatic carbocycles. The predicted molar refractivity (Wildman–Crippen MR) is 182 cm³/mol. The minimum Gasteiger partial charge on any atom is -0.197 e. The molecule has 42 heavy (non-hydrogen) atoms. The van der Waals surface area contributed by atoms with Crippen LogP contribution < -0.4 is 30.2 Å². The number of anilines is 2. The molecular formula is C39H33N2Si+. The number of benzene rings is 6. The van der Waals surface area contributed by atoms with Crippen molar-refractivity contribution < 1.29 is 0 Å². The van der Waals surface area contributed by atoms with Gasteiger partial charge in [-0.25, -0.2) is 0 Å². The summed E-state index contributed by atoms with van der Waals surface area (Å²) in [5, 5.41) is 5.49. The van der Waals surface area contributed by atoms with Crippen molar-refractivity contribution in [1.82, 2.24) is 4.58 Å². The van der Waals surface area contributed by atoms with Crippen molar-refractivity contribution in [2.45, 2.75) is 13.8 Å². The second-order valence-corrected chi connectivity index (χ2v) is 14.6. The molecule has 1 heterocycles. The van der Waals surface area contributed by atoms with Gasteiger partial charge in [-0.1, -0.05) is 133 Å². The van der Waals surface area contributed by atoms with E-state index in [2.05, 4.69) is 187 Å². The third kappa shape index (κ3) is 4.05. The Hall–Kier alpha value is -4.99. The fraction of sp³-hybridized carbons (Fsp3) is 0.0513. The van der Waals surface area contributed by atoms with Gasteiger partial charge in [-0.15, -0.1) is 0 Å². The van der Waals surface area contributed by atoms with Gasteiger partial charge in [0.15, 0.2) is 8.07 Å². The van der Waals surface area contributed by atoms with Gasteiger partial charge in [0.2, 0.25) is 0 Å². The average molecular weight is 558 g/mol. The predicted octanol–water partition coefficient (Wildman–Crippen LogP) is 6.78. The first-order chi connectivity index (χ1) is 20.7. The molecule has 202 valence electrons. The van der Waals surface area contributed by atoms with Crippen LogP contribution in [-0.2, 0) is 0 Å². The molecule has 0 aliphatic carbocycles. The van der Waals surface area contributed by atoms with Crippen LogP contribution in [0.4, 0.5) is 22.7 Å². The van der Waals surface area contributed by atoms with Crippen LogP contribution in [0.3, 0.4) is 0 Å². The van der Waals surface area contributed by atoms with Crippen LogP contribution >= 0.6 is 0 Å². The summed E-state index contributed by atoms with van der Waals surface area (Å²) < 4.78 is 2.49. The summed E-state index contributed by atoms with van der Waals surface area (Å²) in [7, 11) is -2.85. The van der Waals surface area contributed by atoms with Crippen molar-refractivity contribution in [1.29, 1.82) is 0 Å². The highest BCUT2D eigenvalue weighted by Gasteiger charge is 2.49. The largest absolute Gasteiger partial charge is 0.264 e. The number of hydrogen-bond donors (Lipinski definition) is 0. The number of fused-ring (bicyclic) bond motifs is 2. The molecule has 0 N–H and O–H groups in total. The molecule has 0 atom stereocenters. The molecule has 0 amide bonds. The lowest BCUT2D eigenvalue weighted by atomic mass is 10.1. The van der Waals surface area contributed by atoms with Crippen LogP contribution in [0.15, 0.2) is 164 Å². The molecule has 0 fully saturated rings. The van der Waals surface area contributed by atoms with Gasteiger partial charge < -0.3 is 0 Å². The molecule has 1 aliphatic heterocycles. The zero-order valence-electron chi connectivity index (χ0n) is 24.0. The molecule has 0 saturated heterocycles. The third-order valence-corrected chi connectivity index (χ3v) is 13.4. The Kier molecular flexibility index (Phi) is 6.65. The monoisotopic (exact) mass is 557 g/mol. The Morgan fingerprint density at radius 2 is 0.929 bits per heavy atom. The Labute approximate surface area is 249 Å². The zero-order chi connectivity index (χ0) is 28.5. The number of hydrogen-bond acceptors (Lipinski definition) is 1. The van der Waals surface area contributed by atoms with Crippen molar-refractivity contribution in [2.75, 3.05) is 4.90 Å². The highest BCUT2D eigenvalue weighted by atomic mass is 28.3. The highest BCUT2D eigenvalue weighted by molar-refractivity contribution is 7.21. The molecule has 3 heteroatoms. The lowest BCUT2D eigenvalue weighted by molar-refractivity contribution is 1.04. The van der Waals surface area contributed by atoms with Crippen LogP contribution in [0.2, 0.25) is 0 Å². The van der Waals surface area contributed by atoms with E-state index in [4.69, 9.17) is 0 Å². The molecule has 0 unspecified atom stereocenters. The standard InChI is InChI=1S/C39H33N2Si/c1-30-18-12-13-25-35(30)41-31(2)40(32-19-6-3-7-20-32)36-26-14-16-28-38(36)42(33-21-8-4-9-22-33,34-23-10-5-11-24-34)39-29-17-15-27-37(39)41/h3-29H,1-2H3/q+1. The van der Waals surface area contributed by atoms with Gasteiger partial charge in [0.05, 0.1) is 0 Å². The van der Waals surface area contributed by atoms with Gasteiger partial charge in [-0.05, 0) is 53.2 Å². The van der Waals surface area contributed by atoms with Crippen LogP contribution in [0.1, 0.15) is 12.5 Å². The summed E-state index contributed by atoms with van der Waals surface area (Å²) in [5.74, 6) is 1.14. The maximum Gasteiger partial charge on any atom is 0.264 e. The Bertz CT molecular complexity index is 1860. The fourth-order valence-corrected chi connectivity index (χ4v) is 11.9. The van der Waals surface area contributed by atoms with E-state index in [0.29, 0.717) is 0 Å². The molecule has 0 bridgehead atoms. The normalized spacial score (nSPS) is 14.0. The number of para-hydroxylation sites is 4. The van der Waals surface area contributed by atoms with E-state index in [1.807, 2.05) is 0 Å². The number of amidine groups is 1.